The molecule has 0 aliphatic heterocycles. The van der Waals surface area contributed by atoms with Crippen LogP contribution in [0.5, 0.6) is 0 Å². The minimum Gasteiger partial charge on any atom is -0.456 e. The number of benzene rings is 6. The van der Waals surface area contributed by atoms with E-state index in [1.54, 1.807) is 0 Å². The summed E-state index contributed by atoms with van der Waals surface area (Å²) in [5.74, 6) is 0. The molecule has 2 heterocycles. The summed E-state index contributed by atoms with van der Waals surface area (Å²) in [5.41, 5.74) is 10.3. The molecule has 4 heteroatoms. The maximum absolute atomic E-state index is 6.64. The van der Waals surface area contributed by atoms with Gasteiger partial charge in [0.15, 0.2) is 5.58 Å². The topological polar surface area (TPSA) is 42.4 Å². The van der Waals surface area contributed by atoms with Crippen LogP contribution in [0.4, 0.5) is 17.4 Å². The SMILES string of the molecule is CC1(C)c2ccccc2-c2ccc(N(c3ccc4c(c3)oc3ccccc34)c3nc4ccc5ccccc5c4o3)cc21. The fourth-order valence-electron chi connectivity index (χ4n) is 6.79. The van der Waals surface area contributed by atoms with Gasteiger partial charge in [0.1, 0.15) is 16.7 Å². The molecule has 4 nitrogen and oxygen atoms in total. The first kappa shape index (κ1) is 23.4. The molecule has 0 amide bonds. The smallest absolute Gasteiger partial charge is 0.307 e. The second kappa shape index (κ2) is 8.34. The molecule has 0 saturated heterocycles. The zero-order valence-electron chi connectivity index (χ0n) is 23.3. The third kappa shape index (κ3) is 3.20. The number of oxazole rings is 1. The van der Waals surface area contributed by atoms with Gasteiger partial charge in [0.2, 0.25) is 0 Å². The van der Waals surface area contributed by atoms with Gasteiger partial charge in [-0.15, -0.1) is 0 Å². The van der Waals surface area contributed by atoms with E-state index in [0.717, 1.165) is 55.2 Å². The second-order valence-corrected chi connectivity index (χ2v) is 11.6. The predicted octanol–water partition coefficient (Wildman–Crippen LogP) is 10.7. The summed E-state index contributed by atoms with van der Waals surface area (Å²) in [6, 6.07) is 42.9. The minimum atomic E-state index is -0.131. The molecule has 0 unspecified atom stereocenters. The number of furan rings is 1. The van der Waals surface area contributed by atoms with Crippen molar-refractivity contribution in [3.8, 4) is 11.1 Å². The third-order valence-electron chi connectivity index (χ3n) is 8.91. The Morgan fingerprint density at radius 3 is 2.21 bits per heavy atom. The summed E-state index contributed by atoms with van der Waals surface area (Å²) in [5, 5.41) is 4.37. The molecule has 0 fully saturated rings. The molecular formula is C38H26N2O2. The summed E-state index contributed by atoms with van der Waals surface area (Å²) >= 11 is 0. The van der Waals surface area contributed by atoms with Gasteiger partial charge in [-0.05, 0) is 64.0 Å². The van der Waals surface area contributed by atoms with Crippen LogP contribution in [-0.2, 0) is 5.41 Å². The van der Waals surface area contributed by atoms with Crippen molar-refractivity contribution in [1.29, 1.82) is 0 Å². The lowest BCUT2D eigenvalue weighted by Crippen LogP contribution is -2.16. The number of hydrogen-bond acceptors (Lipinski definition) is 4. The van der Waals surface area contributed by atoms with E-state index in [1.165, 1.54) is 22.3 Å². The lowest BCUT2D eigenvalue weighted by molar-refractivity contribution is 0.610. The molecule has 1 aliphatic rings. The Kier molecular flexibility index (Phi) is 4.64. The van der Waals surface area contributed by atoms with Crippen molar-refractivity contribution in [2.75, 3.05) is 4.90 Å². The Balaban J connectivity index is 1.29. The van der Waals surface area contributed by atoms with Gasteiger partial charge in [-0.2, -0.15) is 4.98 Å². The van der Waals surface area contributed by atoms with E-state index in [0.29, 0.717) is 6.01 Å². The van der Waals surface area contributed by atoms with E-state index in [9.17, 15) is 0 Å². The van der Waals surface area contributed by atoms with Gasteiger partial charge in [0.25, 0.3) is 0 Å². The van der Waals surface area contributed by atoms with Gasteiger partial charge >= 0.3 is 6.01 Å². The van der Waals surface area contributed by atoms with Gasteiger partial charge in [-0.1, -0.05) is 92.7 Å². The Labute approximate surface area is 242 Å². The number of anilines is 3. The van der Waals surface area contributed by atoms with Crippen molar-refractivity contribution in [3.05, 3.63) is 132 Å². The average Bonchev–Trinajstić information content (AvgIpc) is 3.68. The number of hydrogen-bond donors (Lipinski definition) is 0. The number of nitrogens with zero attached hydrogens (tertiary/aromatic N) is 2. The van der Waals surface area contributed by atoms with Crippen LogP contribution in [0.2, 0.25) is 0 Å². The van der Waals surface area contributed by atoms with Gasteiger partial charge in [0, 0.05) is 27.6 Å². The molecule has 0 saturated carbocycles. The highest BCUT2D eigenvalue weighted by molar-refractivity contribution is 6.06. The quantitative estimate of drug-likeness (QED) is 0.223. The van der Waals surface area contributed by atoms with E-state index in [-0.39, 0.29) is 5.41 Å². The van der Waals surface area contributed by atoms with Crippen LogP contribution in [0.25, 0.3) is 54.9 Å². The zero-order valence-corrected chi connectivity index (χ0v) is 23.3. The van der Waals surface area contributed by atoms with Gasteiger partial charge in [-0.25, -0.2) is 0 Å². The Morgan fingerprint density at radius 2 is 1.29 bits per heavy atom. The fraction of sp³-hybridized carbons (Fsp3) is 0.0789. The van der Waals surface area contributed by atoms with Crippen LogP contribution in [0, 0.1) is 0 Å². The first-order chi connectivity index (χ1) is 20.6. The highest BCUT2D eigenvalue weighted by Gasteiger charge is 2.36. The van der Waals surface area contributed by atoms with Gasteiger partial charge in [-0.3, -0.25) is 4.90 Å². The monoisotopic (exact) mass is 542 g/mol. The molecule has 2 aromatic heterocycles. The molecular weight excluding hydrogens is 516 g/mol. The van der Waals surface area contributed by atoms with E-state index in [2.05, 4.69) is 104 Å². The number of aromatic nitrogens is 1. The van der Waals surface area contributed by atoms with Crippen LogP contribution in [0.1, 0.15) is 25.0 Å². The summed E-state index contributed by atoms with van der Waals surface area (Å²) < 4.78 is 12.9. The van der Waals surface area contributed by atoms with Crippen LogP contribution in [0.3, 0.4) is 0 Å². The van der Waals surface area contributed by atoms with E-state index >= 15 is 0 Å². The maximum Gasteiger partial charge on any atom is 0.307 e. The highest BCUT2D eigenvalue weighted by Crippen LogP contribution is 2.51. The van der Waals surface area contributed by atoms with Gasteiger partial charge in [0.05, 0.1) is 11.4 Å². The fourth-order valence-corrected chi connectivity index (χ4v) is 6.79. The van der Waals surface area contributed by atoms with Crippen LogP contribution in [-0.4, -0.2) is 4.98 Å². The lowest BCUT2D eigenvalue weighted by Gasteiger charge is -2.25. The van der Waals surface area contributed by atoms with Crippen molar-refractivity contribution in [3.63, 3.8) is 0 Å². The summed E-state index contributed by atoms with van der Waals surface area (Å²) in [4.78, 5) is 7.15. The molecule has 6 aromatic carbocycles. The normalized spacial score (nSPS) is 13.7. The number of para-hydroxylation sites is 1. The summed E-state index contributed by atoms with van der Waals surface area (Å²) in [6.07, 6.45) is 0. The van der Waals surface area contributed by atoms with E-state index in [1.807, 2.05) is 36.4 Å². The molecule has 0 atom stereocenters. The lowest BCUT2D eigenvalue weighted by atomic mass is 9.82. The minimum absolute atomic E-state index is 0.131. The maximum atomic E-state index is 6.64. The Morgan fingerprint density at radius 1 is 0.571 bits per heavy atom. The average molecular weight is 543 g/mol. The standard InChI is InChI=1S/C38H26N2O2/c1-38(2)31-13-7-5-11-27(31)28-18-16-24(21-32(28)38)40(25-17-19-30-29-12-6-8-14-34(29)41-35(30)22-25)37-39-33-20-15-23-9-3-4-10-26(23)36(33)42-37/h3-22H,1-2H3. The van der Waals surface area contributed by atoms with Crippen molar-refractivity contribution < 1.29 is 8.83 Å². The molecule has 9 rings (SSSR count). The summed E-state index contributed by atoms with van der Waals surface area (Å²) in [7, 11) is 0. The largest absolute Gasteiger partial charge is 0.456 e. The van der Waals surface area contributed by atoms with Crippen molar-refractivity contribution in [2.45, 2.75) is 19.3 Å². The third-order valence-corrected chi connectivity index (χ3v) is 8.91. The number of fused-ring (bicyclic) bond motifs is 9. The number of rotatable bonds is 3. The Bertz CT molecular complexity index is 2360. The molecule has 0 radical (unpaired) electrons. The second-order valence-electron chi connectivity index (χ2n) is 11.6. The van der Waals surface area contributed by atoms with E-state index < -0.39 is 0 Å². The van der Waals surface area contributed by atoms with Crippen LogP contribution in [0.15, 0.2) is 130 Å². The molecule has 8 aromatic rings. The molecule has 0 spiro atoms. The first-order valence-electron chi connectivity index (χ1n) is 14.3. The van der Waals surface area contributed by atoms with Crippen molar-refractivity contribution in [2.24, 2.45) is 0 Å². The molecule has 0 bridgehead atoms. The van der Waals surface area contributed by atoms with Crippen molar-refractivity contribution >= 4 is 61.2 Å². The predicted molar refractivity (Wildman–Crippen MR) is 171 cm³/mol. The van der Waals surface area contributed by atoms with Crippen LogP contribution >= 0.6 is 0 Å². The highest BCUT2D eigenvalue weighted by atomic mass is 16.4. The summed E-state index contributed by atoms with van der Waals surface area (Å²) in [6.45, 7) is 4.61. The van der Waals surface area contributed by atoms with Gasteiger partial charge < -0.3 is 8.83 Å². The molecule has 1 aliphatic carbocycles. The molecule has 42 heavy (non-hydrogen) atoms. The zero-order chi connectivity index (χ0) is 28.0. The van der Waals surface area contributed by atoms with Crippen molar-refractivity contribution in [1.82, 2.24) is 4.98 Å². The molecule has 0 N–H and O–H groups in total. The Hall–Kier alpha value is -5.35. The first-order valence-corrected chi connectivity index (χ1v) is 14.3. The van der Waals surface area contributed by atoms with Crippen LogP contribution < -0.4 is 4.90 Å². The van der Waals surface area contributed by atoms with E-state index in [4.69, 9.17) is 13.8 Å². The molecule has 200 valence electrons.